The SMILES string of the molecule is Cl.NCCC1C(=O)Nc2cc(F)ccc21. The monoisotopic (exact) mass is 230 g/mol. The highest BCUT2D eigenvalue weighted by Crippen LogP contribution is 2.34. The van der Waals surface area contributed by atoms with E-state index in [0.29, 0.717) is 18.7 Å². The molecule has 1 aromatic rings. The van der Waals surface area contributed by atoms with Gasteiger partial charge in [-0.3, -0.25) is 4.79 Å². The molecule has 1 aliphatic heterocycles. The average molecular weight is 231 g/mol. The van der Waals surface area contributed by atoms with Crippen LogP contribution < -0.4 is 11.1 Å². The molecule has 0 spiro atoms. The standard InChI is InChI=1S/C10H11FN2O.ClH/c11-6-1-2-7-8(3-4-12)10(14)13-9(7)5-6;/h1-2,5,8H,3-4,12H2,(H,13,14);1H. The topological polar surface area (TPSA) is 55.1 Å². The zero-order chi connectivity index (χ0) is 10.1. The third-order valence-electron chi connectivity index (χ3n) is 2.42. The summed E-state index contributed by atoms with van der Waals surface area (Å²) in [4.78, 5) is 11.4. The number of halogens is 2. The number of fused-ring (bicyclic) bond motifs is 1. The fourth-order valence-electron chi connectivity index (χ4n) is 1.75. The van der Waals surface area contributed by atoms with Crippen molar-refractivity contribution in [1.29, 1.82) is 0 Å². The number of hydrogen-bond donors (Lipinski definition) is 2. The van der Waals surface area contributed by atoms with Crippen LogP contribution in [0.1, 0.15) is 17.9 Å². The minimum Gasteiger partial charge on any atom is -0.330 e. The van der Waals surface area contributed by atoms with Crippen molar-refractivity contribution in [3.05, 3.63) is 29.6 Å². The maximum Gasteiger partial charge on any atom is 0.232 e. The lowest BCUT2D eigenvalue weighted by Gasteiger charge is -2.05. The smallest absolute Gasteiger partial charge is 0.232 e. The van der Waals surface area contributed by atoms with Gasteiger partial charge in [0.2, 0.25) is 5.91 Å². The minimum atomic E-state index is -0.336. The van der Waals surface area contributed by atoms with Crippen molar-refractivity contribution in [2.45, 2.75) is 12.3 Å². The van der Waals surface area contributed by atoms with E-state index >= 15 is 0 Å². The lowest BCUT2D eigenvalue weighted by molar-refractivity contribution is -0.117. The van der Waals surface area contributed by atoms with Gasteiger partial charge < -0.3 is 11.1 Å². The van der Waals surface area contributed by atoms with Gasteiger partial charge in [-0.2, -0.15) is 0 Å². The van der Waals surface area contributed by atoms with Gasteiger partial charge in [0, 0.05) is 5.69 Å². The number of nitrogens with two attached hydrogens (primary N) is 1. The molecule has 82 valence electrons. The molecule has 1 atom stereocenters. The van der Waals surface area contributed by atoms with Crippen LogP contribution in [0.15, 0.2) is 18.2 Å². The molecule has 1 aliphatic rings. The lowest BCUT2D eigenvalue weighted by Crippen LogP contribution is -2.15. The van der Waals surface area contributed by atoms with Crippen molar-refractivity contribution in [2.75, 3.05) is 11.9 Å². The Morgan fingerprint density at radius 3 is 2.87 bits per heavy atom. The van der Waals surface area contributed by atoms with Gasteiger partial charge in [-0.25, -0.2) is 4.39 Å². The van der Waals surface area contributed by atoms with E-state index in [9.17, 15) is 9.18 Å². The van der Waals surface area contributed by atoms with Gasteiger partial charge in [0.15, 0.2) is 0 Å². The zero-order valence-corrected chi connectivity index (χ0v) is 8.81. The number of hydrogen-bond acceptors (Lipinski definition) is 2. The first-order valence-electron chi connectivity index (χ1n) is 4.52. The van der Waals surface area contributed by atoms with E-state index in [1.54, 1.807) is 6.07 Å². The molecular weight excluding hydrogens is 219 g/mol. The fourth-order valence-corrected chi connectivity index (χ4v) is 1.75. The summed E-state index contributed by atoms with van der Waals surface area (Å²) < 4.78 is 12.8. The Labute approximate surface area is 93.3 Å². The maximum absolute atomic E-state index is 12.8. The molecule has 1 aromatic carbocycles. The molecule has 1 heterocycles. The maximum atomic E-state index is 12.8. The molecule has 2 rings (SSSR count). The van der Waals surface area contributed by atoms with Crippen LogP contribution in [0.5, 0.6) is 0 Å². The van der Waals surface area contributed by atoms with E-state index in [2.05, 4.69) is 5.32 Å². The third-order valence-corrected chi connectivity index (χ3v) is 2.42. The second-order valence-corrected chi connectivity index (χ2v) is 3.35. The summed E-state index contributed by atoms with van der Waals surface area (Å²) in [6, 6.07) is 4.34. The van der Waals surface area contributed by atoms with Gasteiger partial charge in [0.1, 0.15) is 5.82 Å². The first-order valence-corrected chi connectivity index (χ1v) is 4.52. The molecule has 5 heteroatoms. The van der Waals surface area contributed by atoms with Gasteiger partial charge in [0.25, 0.3) is 0 Å². The molecule has 1 amide bonds. The van der Waals surface area contributed by atoms with Crippen molar-refractivity contribution in [3.63, 3.8) is 0 Å². The van der Waals surface area contributed by atoms with Crippen LogP contribution in [-0.4, -0.2) is 12.5 Å². The number of amides is 1. The van der Waals surface area contributed by atoms with E-state index in [0.717, 1.165) is 5.56 Å². The quantitative estimate of drug-likeness (QED) is 0.812. The van der Waals surface area contributed by atoms with E-state index in [4.69, 9.17) is 5.73 Å². The first kappa shape index (κ1) is 11.9. The predicted octanol–water partition coefficient (Wildman–Crippen LogP) is 1.63. The van der Waals surface area contributed by atoms with Crippen LogP contribution in [0.4, 0.5) is 10.1 Å². The summed E-state index contributed by atoms with van der Waals surface area (Å²) >= 11 is 0. The van der Waals surface area contributed by atoms with Crippen LogP contribution >= 0.6 is 12.4 Å². The Morgan fingerprint density at radius 1 is 1.47 bits per heavy atom. The Hall–Kier alpha value is -1.13. The van der Waals surface area contributed by atoms with Crippen molar-refractivity contribution in [1.82, 2.24) is 0 Å². The van der Waals surface area contributed by atoms with Gasteiger partial charge in [0.05, 0.1) is 5.92 Å². The van der Waals surface area contributed by atoms with Gasteiger partial charge in [-0.05, 0) is 30.7 Å². The second kappa shape index (κ2) is 4.59. The van der Waals surface area contributed by atoms with Gasteiger partial charge >= 0.3 is 0 Å². The summed E-state index contributed by atoms with van der Waals surface area (Å²) in [7, 11) is 0. The molecule has 0 saturated carbocycles. The van der Waals surface area contributed by atoms with Crippen LogP contribution in [-0.2, 0) is 4.79 Å². The molecule has 15 heavy (non-hydrogen) atoms. The van der Waals surface area contributed by atoms with Crippen LogP contribution in [0.25, 0.3) is 0 Å². The van der Waals surface area contributed by atoms with Crippen LogP contribution in [0.2, 0.25) is 0 Å². The van der Waals surface area contributed by atoms with Crippen LogP contribution in [0.3, 0.4) is 0 Å². The van der Waals surface area contributed by atoms with Crippen molar-refractivity contribution >= 4 is 24.0 Å². The molecule has 0 bridgehead atoms. The molecule has 3 nitrogen and oxygen atoms in total. The summed E-state index contributed by atoms with van der Waals surface area (Å²) in [6.45, 7) is 0.453. The molecule has 0 saturated heterocycles. The highest BCUT2D eigenvalue weighted by atomic mass is 35.5. The summed E-state index contributed by atoms with van der Waals surface area (Å²) in [5.41, 5.74) is 6.83. The largest absolute Gasteiger partial charge is 0.330 e. The normalized spacial score (nSPS) is 18.0. The highest BCUT2D eigenvalue weighted by molar-refractivity contribution is 6.02. The van der Waals surface area contributed by atoms with Gasteiger partial charge in [-0.15, -0.1) is 12.4 Å². The van der Waals surface area contributed by atoms with E-state index < -0.39 is 0 Å². The molecule has 0 aliphatic carbocycles. The number of carbonyl (C=O) groups is 1. The summed E-state index contributed by atoms with van der Waals surface area (Å²) in [5, 5.41) is 2.64. The van der Waals surface area contributed by atoms with Crippen molar-refractivity contribution in [2.24, 2.45) is 5.73 Å². The Morgan fingerprint density at radius 2 is 2.20 bits per heavy atom. The third kappa shape index (κ3) is 2.11. The number of benzene rings is 1. The lowest BCUT2D eigenvalue weighted by atomic mass is 9.97. The average Bonchev–Trinajstić information content (AvgIpc) is 2.43. The van der Waals surface area contributed by atoms with E-state index in [1.165, 1.54) is 12.1 Å². The zero-order valence-electron chi connectivity index (χ0n) is 8.00. The number of anilines is 1. The van der Waals surface area contributed by atoms with Crippen LogP contribution in [0, 0.1) is 5.82 Å². The molecule has 0 aromatic heterocycles. The molecule has 3 N–H and O–H groups in total. The second-order valence-electron chi connectivity index (χ2n) is 3.35. The summed E-state index contributed by atoms with van der Waals surface area (Å²) in [6.07, 6.45) is 0.602. The summed E-state index contributed by atoms with van der Waals surface area (Å²) in [5.74, 6) is -0.635. The van der Waals surface area contributed by atoms with Crippen molar-refractivity contribution < 1.29 is 9.18 Å². The molecular formula is C10H12ClFN2O. The van der Waals surface area contributed by atoms with E-state index in [-0.39, 0.29) is 30.0 Å². The molecule has 0 radical (unpaired) electrons. The minimum absolute atomic E-state index is 0. The molecule has 1 unspecified atom stereocenters. The molecule has 0 fully saturated rings. The van der Waals surface area contributed by atoms with Crippen molar-refractivity contribution in [3.8, 4) is 0 Å². The van der Waals surface area contributed by atoms with E-state index in [1.807, 2.05) is 0 Å². The first-order chi connectivity index (χ1) is 6.72. The number of carbonyl (C=O) groups excluding carboxylic acids is 1. The fraction of sp³-hybridized carbons (Fsp3) is 0.300. The Bertz CT molecular complexity index is 384. The number of nitrogens with one attached hydrogen (secondary N) is 1. The van der Waals surface area contributed by atoms with Gasteiger partial charge in [-0.1, -0.05) is 6.07 Å². The number of rotatable bonds is 2. The Balaban J connectivity index is 0.00000112. The Kier molecular flexibility index (Phi) is 3.66. The predicted molar refractivity (Wildman–Crippen MR) is 58.7 cm³/mol. The highest BCUT2D eigenvalue weighted by Gasteiger charge is 2.29.